The van der Waals surface area contributed by atoms with Crippen molar-refractivity contribution in [1.29, 1.82) is 0 Å². The zero-order chi connectivity index (χ0) is 97.2. The lowest BCUT2D eigenvalue weighted by Crippen LogP contribution is -2.61. The smallest absolute Gasteiger partial charge is 0.329 e. The number of ether oxygens (including phenoxy) is 12. The number of aliphatic hydroxyl groups is 4. The van der Waals surface area contributed by atoms with Crippen molar-refractivity contribution in [3.8, 4) is 0 Å². The molecular weight excluding hydrogens is 1690 g/mol. The van der Waals surface area contributed by atoms with Crippen LogP contribution in [0.15, 0.2) is 95.2 Å². The molecule has 0 aromatic rings. The summed E-state index contributed by atoms with van der Waals surface area (Å²) in [6.45, 7) is 25.7. The fourth-order valence-electron chi connectivity index (χ4n) is 21.0. The number of methoxy groups -OCH3 is 6. The second kappa shape index (κ2) is 52.7. The topological polar surface area (TPSA) is 369 Å². The first kappa shape index (κ1) is 111. The first-order chi connectivity index (χ1) is 62.7. The Morgan fingerprint density at radius 2 is 0.795 bits per heavy atom. The number of amides is 2. The molecule has 4 N–H and O–H groups in total. The third-order valence-corrected chi connectivity index (χ3v) is 29.7. The van der Waals surface area contributed by atoms with E-state index in [1.54, 1.807) is 96.0 Å². The van der Waals surface area contributed by atoms with Crippen molar-refractivity contribution in [2.24, 2.45) is 71.0 Å². The minimum Gasteiger partial charge on any atom is -0.460 e. The van der Waals surface area contributed by atoms with Gasteiger partial charge in [0.05, 0.1) is 62.0 Å². The summed E-state index contributed by atoms with van der Waals surface area (Å²) < 4.78 is 74.2. The van der Waals surface area contributed by atoms with Gasteiger partial charge in [0.1, 0.15) is 60.3 Å². The molecule has 0 aromatic carbocycles. The van der Waals surface area contributed by atoms with Crippen LogP contribution in [0.1, 0.15) is 251 Å². The van der Waals surface area contributed by atoms with Crippen molar-refractivity contribution >= 4 is 58.5 Å². The highest BCUT2D eigenvalue weighted by Gasteiger charge is 2.56. The van der Waals surface area contributed by atoms with Gasteiger partial charge in [0, 0.05) is 117 Å². The van der Waals surface area contributed by atoms with E-state index in [9.17, 15) is 68.4 Å². The minimum absolute atomic E-state index is 0.00896. The maximum absolute atomic E-state index is 15.0. The Hall–Kier alpha value is -6.74. The van der Waals surface area contributed by atoms with Crippen LogP contribution < -0.4 is 0 Å². The van der Waals surface area contributed by atoms with E-state index in [0.29, 0.717) is 127 Å². The van der Waals surface area contributed by atoms with Crippen molar-refractivity contribution in [1.82, 2.24) is 9.80 Å². The van der Waals surface area contributed by atoms with E-state index in [-0.39, 0.29) is 136 Å². The number of hydrogen-bond acceptors (Lipinski definition) is 26. The number of esters is 2. The monoisotopic (exact) mass is 1850 g/mol. The molecule has 0 radical (unpaired) electrons. The van der Waals surface area contributed by atoms with Gasteiger partial charge >= 0.3 is 11.9 Å². The van der Waals surface area contributed by atoms with Crippen LogP contribution in [0.25, 0.3) is 0 Å². The molecule has 4 saturated heterocycles. The Morgan fingerprint density at radius 1 is 0.424 bits per heavy atom. The summed E-state index contributed by atoms with van der Waals surface area (Å²) >= 11 is 0. The number of carbonyl (C=O) groups is 10. The Bertz CT molecular complexity index is 3830. The van der Waals surface area contributed by atoms with Crippen LogP contribution in [0.2, 0.25) is 0 Å². The predicted molar refractivity (Wildman–Crippen MR) is 498 cm³/mol. The average Bonchev–Trinajstić information content (AvgIpc) is 0.773. The molecule has 28 nitrogen and oxygen atoms in total. The number of Topliss-reactive ketones (excluding diaryl/α,β-unsaturated/α-hetero) is 6. The van der Waals surface area contributed by atoms with Crippen molar-refractivity contribution in [2.75, 3.05) is 69.0 Å². The molecule has 6 aliphatic heterocycles. The Morgan fingerprint density at radius 3 is 1.14 bits per heavy atom. The van der Waals surface area contributed by atoms with E-state index in [0.717, 1.165) is 11.1 Å². The highest BCUT2D eigenvalue weighted by Crippen LogP contribution is 2.43. The Labute approximate surface area is 784 Å². The summed E-state index contributed by atoms with van der Waals surface area (Å²) in [5.41, 5.74) is 2.39. The highest BCUT2D eigenvalue weighted by molar-refractivity contribution is 6.39. The molecule has 8 rings (SSSR count). The number of fused-ring (bicyclic) bond motifs is 6. The van der Waals surface area contributed by atoms with Gasteiger partial charge in [-0.25, -0.2) is 9.59 Å². The molecule has 6 heterocycles. The van der Waals surface area contributed by atoms with Gasteiger partial charge in [0.25, 0.3) is 23.4 Å². The quantitative estimate of drug-likeness (QED) is 0.0455. The molecule has 4 bridgehead atoms. The number of rotatable bonds is 17. The molecule has 0 aromatic heterocycles. The number of aliphatic hydroxyl groups excluding tert-OH is 2. The predicted octanol–water partition coefficient (Wildman–Crippen LogP) is 13.4. The molecule has 742 valence electrons. The molecule has 6 fully saturated rings. The summed E-state index contributed by atoms with van der Waals surface area (Å²) in [4.78, 5) is 148. The Kier molecular flexibility index (Phi) is 44.1. The van der Waals surface area contributed by atoms with Crippen molar-refractivity contribution in [3.63, 3.8) is 0 Å². The van der Waals surface area contributed by atoms with E-state index < -0.39 is 167 Å². The Balaban J connectivity index is 0.941. The number of cyclic esters (lactones) is 2. The number of ketones is 6. The lowest BCUT2D eigenvalue weighted by Gasteiger charge is -2.42. The average molecular weight is 1850 g/mol. The van der Waals surface area contributed by atoms with E-state index in [1.807, 2.05) is 102 Å². The number of hydrogen-bond donors (Lipinski definition) is 4. The van der Waals surface area contributed by atoms with Gasteiger partial charge < -0.3 is 87.1 Å². The van der Waals surface area contributed by atoms with Gasteiger partial charge in [-0.2, -0.15) is 0 Å². The number of nitrogens with zero attached hydrogens (tertiary/aromatic N) is 2. The molecule has 2 amide bonds. The van der Waals surface area contributed by atoms with Gasteiger partial charge in [-0.1, -0.05) is 142 Å². The van der Waals surface area contributed by atoms with Crippen LogP contribution in [-0.2, 0) is 105 Å². The maximum atomic E-state index is 15.0. The van der Waals surface area contributed by atoms with E-state index in [2.05, 4.69) is 0 Å². The first-order valence-electron chi connectivity index (χ1n) is 48.9. The minimum atomic E-state index is -2.50. The number of allylic oxidation sites excluding steroid dienone is 12. The molecule has 2 aliphatic carbocycles. The summed E-state index contributed by atoms with van der Waals surface area (Å²) in [5.74, 6) is -17.4. The van der Waals surface area contributed by atoms with Crippen LogP contribution in [0.5, 0.6) is 0 Å². The second-order valence-electron chi connectivity index (χ2n) is 39.9. The normalized spacial score (nSPS) is 40.1. The molecule has 30 atom stereocenters. The van der Waals surface area contributed by atoms with Gasteiger partial charge in [0.15, 0.2) is 11.6 Å². The van der Waals surface area contributed by atoms with Crippen LogP contribution in [0.4, 0.5) is 0 Å². The van der Waals surface area contributed by atoms with Crippen LogP contribution in [0, 0.1) is 71.0 Å². The highest BCUT2D eigenvalue weighted by atomic mass is 16.6. The summed E-state index contributed by atoms with van der Waals surface area (Å²) in [6.07, 6.45) is 21.1. The lowest BCUT2D eigenvalue weighted by atomic mass is 9.78. The fraction of sp³-hybridized carbons (Fsp3) is 0.750. The molecule has 0 spiro atoms. The zero-order valence-corrected chi connectivity index (χ0v) is 82.6. The number of piperidine rings is 2. The van der Waals surface area contributed by atoms with Gasteiger partial charge in [0.2, 0.25) is 11.6 Å². The molecule has 2 saturated carbocycles. The van der Waals surface area contributed by atoms with Crippen molar-refractivity contribution < 1.29 is 125 Å². The third-order valence-electron chi connectivity index (χ3n) is 29.7. The molecular formula is C104H160N2O26. The third kappa shape index (κ3) is 29.9. The maximum Gasteiger partial charge on any atom is 0.329 e. The molecule has 8 aliphatic rings. The standard InChI is InChI=1S/C104H160N2O26/c1-61-31-23-21-25-33-63(3)85(121-15)57-77-41-37-73(13)103(119,131-77)97(113)99(115)105-45-29-27-35-79(105)101(117)129-87(59-81(107)65(5)51-71(11)93(111)95(125-19)91(109)69(9)49-61)67(7)53-75-39-43-83(89(55-75)123-17)127-47-48-128-84-44-40-76(56-90(84)124-18)54-68(8)88-60-82(108)66(6)52-72(12)94(112)96(126-20)92(110)70(10)50-62(2)32-24-22-26-34-64(4)86(122-16)58-78-42-38-74(14)104(120,132-78)98(114)100(116)106-46-30-28-36-80(106)102(118)130-88/h21-26,31-34,51-52,61-62,65-70,73-80,83-90,93-96,111-112,119-120H,27-30,35-50,53-60H2,1-20H3/b25-21+,26-22+,31-23+,32-24+,63-33+,64-34+,71-51+,72-52+/t61-,62-,65-,66-,67-,68-,69-,70-,73-,74-,75+,76+,77+,78+,79+,80+,83-,84-,85+,86+,87+,88+,89-,90-,93-,94-,95+,96+,103-,104-/m1/s1. The van der Waals surface area contributed by atoms with Crippen LogP contribution >= 0.6 is 0 Å². The van der Waals surface area contributed by atoms with Crippen molar-refractivity contribution in [2.45, 2.75) is 360 Å². The SMILES string of the molecule is CO[C@H]1C[C@@H]2CC[C@@H](C)[C@@](O)(O2)C(=O)C(=O)N2CCCC[C@H]2C(=O)O[C@H]([C@H](C)C[C@@H]2CC[C@@H](OCCO[C@@H]3CC[C@@H](C[C@@H](C)[C@@H]4CC(=O)[C@H](C)/C=C(\C)[C@@H](O)[C@@H](OC)C(=O)[C@H](C)C[C@H](C)/C=C/C=C/C=C(\C)[C@@H](OC)C[C@@H]5CC[C@@H](C)[C@@](O)(O5)C(=O)C(=O)N5CCCC[C@H]5C(=O)O4)C[C@H]3OC)[C@H](OC)C2)CC(=O)[C@H](C)/C=C(\C)[C@@H](O)[C@@H](OC)C(=O)[C@H](C)C[C@H](C)/C=C/C=C/C=C/1C. The number of carbonyl (C=O) groups excluding carboxylic acids is 10. The van der Waals surface area contributed by atoms with Gasteiger partial charge in [-0.3, -0.25) is 38.4 Å². The molecule has 0 unspecified atom stereocenters. The van der Waals surface area contributed by atoms with E-state index in [1.165, 1.54) is 24.0 Å². The van der Waals surface area contributed by atoms with Crippen molar-refractivity contribution in [3.05, 3.63) is 95.2 Å². The summed E-state index contributed by atoms with van der Waals surface area (Å²) in [6, 6.07) is -2.45. The molecule has 132 heavy (non-hydrogen) atoms. The second-order valence-corrected chi connectivity index (χ2v) is 39.9. The largest absolute Gasteiger partial charge is 0.460 e. The van der Waals surface area contributed by atoms with Gasteiger partial charge in [-0.15, -0.1) is 0 Å². The van der Waals surface area contributed by atoms with Crippen LogP contribution in [-0.4, -0.2) is 267 Å². The fourth-order valence-corrected chi connectivity index (χ4v) is 21.0. The van der Waals surface area contributed by atoms with E-state index >= 15 is 0 Å². The zero-order valence-electron chi connectivity index (χ0n) is 82.6. The molecule has 28 heteroatoms. The van der Waals surface area contributed by atoms with Gasteiger partial charge in [-0.05, 0) is 214 Å². The van der Waals surface area contributed by atoms with E-state index in [4.69, 9.17) is 56.8 Å². The first-order valence-corrected chi connectivity index (χ1v) is 48.9. The lowest BCUT2D eigenvalue weighted by molar-refractivity contribution is -0.265. The summed E-state index contributed by atoms with van der Waals surface area (Å²) in [5, 5.41) is 48.0. The van der Waals surface area contributed by atoms with Crippen LogP contribution in [0.3, 0.4) is 0 Å². The summed E-state index contributed by atoms with van der Waals surface area (Å²) in [7, 11) is 9.14.